The number of likely N-dealkylation sites (N-methyl/N-ethyl adjacent to an activating group) is 1. The fourth-order valence-electron chi connectivity index (χ4n) is 4.32. The SMILES string of the molecule is CNc1ccc(Nc2ncnc3cc(-c4cn(C)nn4)cc(O[C@H]4CCCN(C)C4)c23)cc1S. The number of piperidine rings is 1. The Bertz CT molecular complexity index is 1320. The zero-order valence-corrected chi connectivity index (χ0v) is 20.4. The maximum absolute atomic E-state index is 6.60. The van der Waals surface area contributed by atoms with E-state index in [1.807, 2.05) is 50.6 Å². The first-order valence-corrected chi connectivity index (χ1v) is 11.7. The number of hydrogen-bond donors (Lipinski definition) is 3. The molecule has 2 aromatic heterocycles. The highest BCUT2D eigenvalue weighted by Crippen LogP contribution is 2.37. The summed E-state index contributed by atoms with van der Waals surface area (Å²) in [4.78, 5) is 12.3. The zero-order chi connectivity index (χ0) is 23.7. The van der Waals surface area contributed by atoms with E-state index in [4.69, 9.17) is 4.74 Å². The van der Waals surface area contributed by atoms with Crippen LogP contribution in [-0.2, 0) is 7.05 Å². The number of fused-ring (bicyclic) bond motifs is 1. The Morgan fingerprint density at radius 3 is 2.76 bits per heavy atom. The molecule has 0 amide bonds. The lowest BCUT2D eigenvalue weighted by molar-refractivity contribution is 0.106. The highest BCUT2D eigenvalue weighted by atomic mass is 32.1. The molecule has 1 atom stereocenters. The summed E-state index contributed by atoms with van der Waals surface area (Å²) >= 11 is 4.58. The van der Waals surface area contributed by atoms with Gasteiger partial charge in [0.25, 0.3) is 0 Å². The fourth-order valence-corrected chi connectivity index (χ4v) is 4.65. The van der Waals surface area contributed by atoms with Crippen LogP contribution in [0, 0.1) is 0 Å². The van der Waals surface area contributed by atoms with Crippen LogP contribution in [0.3, 0.4) is 0 Å². The molecule has 0 saturated carbocycles. The predicted molar refractivity (Wildman–Crippen MR) is 137 cm³/mol. The Morgan fingerprint density at radius 1 is 1.15 bits per heavy atom. The summed E-state index contributed by atoms with van der Waals surface area (Å²) in [6, 6.07) is 9.96. The van der Waals surface area contributed by atoms with Gasteiger partial charge in [0.05, 0.1) is 17.1 Å². The van der Waals surface area contributed by atoms with Gasteiger partial charge >= 0.3 is 0 Å². The molecule has 0 aliphatic carbocycles. The first-order chi connectivity index (χ1) is 16.5. The van der Waals surface area contributed by atoms with Gasteiger partial charge in [-0.2, -0.15) is 0 Å². The molecule has 1 aliphatic rings. The van der Waals surface area contributed by atoms with Gasteiger partial charge in [0.15, 0.2) is 0 Å². The third-order valence-electron chi connectivity index (χ3n) is 6.00. The van der Waals surface area contributed by atoms with E-state index in [0.29, 0.717) is 5.82 Å². The number of benzene rings is 2. The minimum absolute atomic E-state index is 0.0890. The van der Waals surface area contributed by atoms with Gasteiger partial charge in [-0.15, -0.1) is 17.7 Å². The van der Waals surface area contributed by atoms with Crippen LogP contribution in [0.5, 0.6) is 5.75 Å². The lowest BCUT2D eigenvalue weighted by atomic mass is 10.1. The first kappa shape index (κ1) is 22.4. The number of hydrogen-bond acceptors (Lipinski definition) is 9. The standard InChI is InChI=1S/C24H28N8OS/c1-25-18-7-6-16(11-22(18)34)28-24-23-19(26-14-27-24)9-15(20-13-32(3)30-29-20)10-21(23)33-17-5-4-8-31(2)12-17/h6-7,9-11,13-14,17,25,34H,4-5,8,12H2,1-3H3,(H,26,27,28)/t17-/m0/s1. The topological polar surface area (TPSA) is 93.0 Å². The van der Waals surface area contributed by atoms with Crippen LogP contribution in [0.2, 0.25) is 0 Å². The average molecular weight is 477 g/mol. The molecule has 34 heavy (non-hydrogen) atoms. The Labute approximate surface area is 204 Å². The van der Waals surface area contributed by atoms with E-state index in [1.165, 1.54) is 0 Å². The predicted octanol–water partition coefficient (Wildman–Crippen LogP) is 3.97. The molecule has 2 N–H and O–H groups in total. The number of rotatable bonds is 6. The Kier molecular flexibility index (Phi) is 6.25. The number of likely N-dealkylation sites (tertiary alicyclic amines) is 1. The molecular formula is C24H28N8OS. The summed E-state index contributed by atoms with van der Waals surface area (Å²) in [6.07, 6.45) is 5.65. The van der Waals surface area contributed by atoms with E-state index >= 15 is 0 Å². The van der Waals surface area contributed by atoms with Crippen molar-refractivity contribution in [2.24, 2.45) is 7.05 Å². The number of nitrogens with zero attached hydrogens (tertiary/aromatic N) is 6. The minimum atomic E-state index is 0.0890. The van der Waals surface area contributed by atoms with Crippen molar-refractivity contribution >= 4 is 40.7 Å². The highest BCUT2D eigenvalue weighted by molar-refractivity contribution is 7.80. The van der Waals surface area contributed by atoms with Crippen LogP contribution in [0.25, 0.3) is 22.2 Å². The molecule has 9 nitrogen and oxygen atoms in total. The van der Waals surface area contributed by atoms with E-state index in [2.05, 4.69) is 55.5 Å². The van der Waals surface area contributed by atoms with E-state index in [9.17, 15) is 0 Å². The van der Waals surface area contributed by atoms with Crippen molar-refractivity contribution in [3.05, 3.63) is 42.9 Å². The van der Waals surface area contributed by atoms with Crippen LogP contribution in [0.1, 0.15) is 12.8 Å². The average Bonchev–Trinajstić information content (AvgIpc) is 3.25. The molecule has 0 radical (unpaired) electrons. The maximum atomic E-state index is 6.60. The summed E-state index contributed by atoms with van der Waals surface area (Å²) in [7, 11) is 5.86. The normalized spacial score (nSPS) is 16.5. The third kappa shape index (κ3) is 4.64. The third-order valence-corrected chi connectivity index (χ3v) is 6.37. The van der Waals surface area contributed by atoms with Crippen molar-refractivity contribution in [3.63, 3.8) is 0 Å². The van der Waals surface area contributed by atoms with E-state index < -0.39 is 0 Å². The number of nitrogens with one attached hydrogen (secondary N) is 2. The monoisotopic (exact) mass is 476 g/mol. The Morgan fingerprint density at radius 2 is 2.03 bits per heavy atom. The van der Waals surface area contributed by atoms with Gasteiger partial charge in [-0.1, -0.05) is 5.21 Å². The molecule has 5 rings (SSSR count). The molecule has 1 saturated heterocycles. The number of aromatic nitrogens is 5. The minimum Gasteiger partial charge on any atom is -0.488 e. The zero-order valence-electron chi connectivity index (χ0n) is 19.5. The van der Waals surface area contributed by atoms with Crippen molar-refractivity contribution < 1.29 is 4.74 Å². The summed E-state index contributed by atoms with van der Waals surface area (Å²) in [5.74, 6) is 1.42. The van der Waals surface area contributed by atoms with Gasteiger partial charge in [0.2, 0.25) is 0 Å². The molecule has 1 fully saturated rings. The fraction of sp³-hybridized carbons (Fsp3) is 0.333. The molecule has 4 aromatic rings. The highest BCUT2D eigenvalue weighted by Gasteiger charge is 2.22. The lowest BCUT2D eigenvalue weighted by Gasteiger charge is -2.30. The van der Waals surface area contributed by atoms with Gasteiger partial charge in [-0.3, -0.25) is 4.68 Å². The van der Waals surface area contributed by atoms with E-state index in [-0.39, 0.29) is 6.10 Å². The molecule has 10 heteroatoms. The van der Waals surface area contributed by atoms with Crippen LogP contribution in [-0.4, -0.2) is 63.2 Å². The second-order valence-corrected chi connectivity index (χ2v) is 9.10. The van der Waals surface area contributed by atoms with Crippen molar-refractivity contribution in [3.8, 4) is 17.0 Å². The summed E-state index contributed by atoms with van der Waals surface area (Å²) in [6.45, 7) is 1.96. The quantitative estimate of drug-likeness (QED) is 0.360. The van der Waals surface area contributed by atoms with Crippen LogP contribution < -0.4 is 15.4 Å². The number of anilines is 3. The van der Waals surface area contributed by atoms with Gasteiger partial charge in [0, 0.05) is 42.5 Å². The molecule has 0 unspecified atom stereocenters. The molecule has 2 aromatic carbocycles. The van der Waals surface area contributed by atoms with Crippen LogP contribution >= 0.6 is 12.6 Å². The molecule has 176 valence electrons. The number of ether oxygens (including phenoxy) is 1. The van der Waals surface area contributed by atoms with Gasteiger partial charge in [-0.25, -0.2) is 9.97 Å². The largest absolute Gasteiger partial charge is 0.488 e. The van der Waals surface area contributed by atoms with Gasteiger partial charge in [-0.05, 0) is 56.8 Å². The second-order valence-electron chi connectivity index (χ2n) is 8.62. The van der Waals surface area contributed by atoms with Crippen LogP contribution in [0.15, 0.2) is 47.8 Å². The molecule has 1 aliphatic heterocycles. The van der Waals surface area contributed by atoms with Gasteiger partial charge < -0.3 is 20.3 Å². The maximum Gasteiger partial charge on any atom is 0.145 e. The summed E-state index contributed by atoms with van der Waals surface area (Å²) < 4.78 is 8.29. The lowest BCUT2D eigenvalue weighted by Crippen LogP contribution is -2.38. The molecular weight excluding hydrogens is 448 g/mol. The van der Waals surface area contributed by atoms with E-state index in [1.54, 1.807) is 11.0 Å². The van der Waals surface area contributed by atoms with Crippen molar-refractivity contribution in [1.82, 2.24) is 29.9 Å². The number of thiol groups is 1. The number of aryl methyl sites for hydroxylation is 1. The van der Waals surface area contributed by atoms with Crippen molar-refractivity contribution in [1.29, 1.82) is 0 Å². The van der Waals surface area contributed by atoms with Crippen molar-refractivity contribution in [2.45, 2.75) is 23.8 Å². The van der Waals surface area contributed by atoms with E-state index in [0.717, 1.165) is 70.1 Å². The smallest absolute Gasteiger partial charge is 0.145 e. The van der Waals surface area contributed by atoms with Crippen molar-refractivity contribution in [2.75, 3.05) is 37.8 Å². The summed E-state index contributed by atoms with van der Waals surface area (Å²) in [5, 5.41) is 15.8. The molecule has 0 spiro atoms. The van der Waals surface area contributed by atoms with Crippen LogP contribution in [0.4, 0.5) is 17.2 Å². The molecule has 0 bridgehead atoms. The second kappa shape index (κ2) is 9.47. The Hall–Kier alpha value is -3.37. The van der Waals surface area contributed by atoms with Gasteiger partial charge in [0.1, 0.15) is 29.7 Å². The first-order valence-electron chi connectivity index (χ1n) is 11.3. The Balaban J connectivity index is 1.59. The molecule has 3 heterocycles. The summed E-state index contributed by atoms with van der Waals surface area (Å²) in [5.41, 5.74) is 4.29.